The van der Waals surface area contributed by atoms with Gasteiger partial charge in [-0.25, -0.2) is 13.8 Å². The maximum atomic E-state index is 13.7. The van der Waals surface area contributed by atoms with E-state index in [2.05, 4.69) is 5.10 Å². The van der Waals surface area contributed by atoms with Crippen molar-refractivity contribution in [3.05, 3.63) is 95.1 Å². The van der Waals surface area contributed by atoms with Crippen molar-refractivity contribution in [3.8, 4) is 11.5 Å². The molecule has 5 nitrogen and oxygen atoms in total. The van der Waals surface area contributed by atoms with Crippen LogP contribution in [0.15, 0.2) is 71.8 Å². The number of hydrogen-bond acceptors (Lipinski definition) is 5. The van der Waals surface area contributed by atoms with Crippen LogP contribution in [-0.4, -0.2) is 28.2 Å². The predicted octanol–water partition coefficient (Wildman–Crippen LogP) is 4.93. The van der Waals surface area contributed by atoms with Crippen molar-refractivity contribution >= 4 is 22.7 Å². The quantitative estimate of drug-likeness (QED) is 0.643. The van der Waals surface area contributed by atoms with Crippen molar-refractivity contribution < 1.29 is 23.4 Å². The molecule has 3 aromatic rings. The highest BCUT2D eigenvalue weighted by atomic mass is 32.2. The molecule has 1 aliphatic rings. The molecule has 1 unspecified atom stereocenters. The number of hydrogen-bond donors (Lipinski definition) is 1. The van der Waals surface area contributed by atoms with E-state index in [1.54, 1.807) is 24.3 Å². The third-order valence-electron chi connectivity index (χ3n) is 4.54. The minimum absolute atomic E-state index is 0.0771. The Morgan fingerprint density at radius 2 is 1.77 bits per heavy atom. The van der Waals surface area contributed by atoms with Gasteiger partial charge in [-0.15, -0.1) is 0 Å². The number of thioether (sulfide) groups is 1. The summed E-state index contributed by atoms with van der Waals surface area (Å²) < 4.78 is 32.4. The monoisotopic (exact) mass is 426 g/mol. The van der Waals surface area contributed by atoms with Gasteiger partial charge in [-0.3, -0.25) is 4.79 Å². The molecule has 0 radical (unpaired) electrons. The lowest BCUT2D eigenvalue weighted by Gasteiger charge is -2.23. The average molecular weight is 426 g/mol. The van der Waals surface area contributed by atoms with Crippen LogP contribution in [-0.2, 0) is 0 Å². The molecule has 1 atom stereocenters. The van der Waals surface area contributed by atoms with E-state index >= 15 is 0 Å². The van der Waals surface area contributed by atoms with Crippen molar-refractivity contribution in [2.24, 2.45) is 5.10 Å². The fraction of sp³-hybridized carbons (Fsp3) is 0.0909. The second-order valence-corrected chi connectivity index (χ2v) is 7.50. The van der Waals surface area contributed by atoms with Crippen LogP contribution in [0, 0.1) is 11.6 Å². The van der Waals surface area contributed by atoms with E-state index in [1.807, 2.05) is 0 Å². The zero-order valence-corrected chi connectivity index (χ0v) is 16.6. The molecule has 0 aromatic heterocycles. The topological polar surface area (TPSA) is 62.1 Å². The number of rotatable bonds is 4. The molecule has 1 amide bonds. The van der Waals surface area contributed by atoms with Crippen LogP contribution in [0.4, 0.5) is 8.78 Å². The number of nitrogens with zero attached hydrogens (tertiary/aromatic N) is 2. The second-order valence-electron chi connectivity index (χ2n) is 6.44. The average Bonchev–Trinajstić information content (AvgIpc) is 3.19. The molecule has 3 aromatic carbocycles. The van der Waals surface area contributed by atoms with Crippen molar-refractivity contribution in [3.63, 3.8) is 0 Å². The van der Waals surface area contributed by atoms with Crippen LogP contribution in [0.3, 0.4) is 0 Å². The normalized spacial score (nSPS) is 15.8. The van der Waals surface area contributed by atoms with Crippen LogP contribution in [0.25, 0.3) is 0 Å². The summed E-state index contributed by atoms with van der Waals surface area (Å²) in [7, 11) is 1.41. The second kappa shape index (κ2) is 8.16. The number of para-hydroxylation sites is 1. The highest BCUT2D eigenvalue weighted by Crippen LogP contribution is 2.45. The fourth-order valence-electron chi connectivity index (χ4n) is 3.06. The van der Waals surface area contributed by atoms with Crippen LogP contribution >= 0.6 is 11.8 Å². The standard InChI is InChI=1S/C22H16F2N2O3S/c1-29-19-12-15(24)10-11-17(19)22-26(21(28)16-4-2-3-5-18(16)27)25-20(30-22)13-6-8-14(23)9-7-13/h2-12,22,27H,1H3. The third-order valence-corrected chi connectivity index (χ3v) is 5.76. The Hall–Kier alpha value is -3.39. The summed E-state index contributed by atoms with van der Waals surface area (Å²) in [6.45, 7) is 0. The van der Waals surface area contributed by atoms with E-state index in [0.717, 1.165) is 0 Å². The molecule has 1 aliphatic heterocycles. The first-order chi connectivity index (χ1) is 14.5. The molecule has 8 heteroatoms. The Morgan fingerprint density at radius 1 is 1.07 bits per heavy atom. The molecule has 0 saturated heterocycles. The summed E-state index contributed by atoms with van der Waals surface area (Å²) in [5, 5.41) is 15.6. The summed E-state index contributed by atoms with van der Waals surface area (Å²) in [5.41, 5.74) is 1.24. The van der Waals surface area contributed by atoms with E-state index in [4.69, 9.17) is 4.74 Å². The first-order valence-corrected chi connectivity index (χ1v) is 9.82. The maximum absolute atomic E-state index is 13.7. The Balaban J connectivity index is 1.79. The van der Waals surface area contributed by atoms with Crippen molar-refractivity contribution in [2.75, 3.05) is 7.11 Å². The van der Waals surface area contributed by atoms with Crippen LogP contribution in [0.2, 0.25) is 0 Å². The summed E-state index contributed by atoms with van der Waals surface area (Å²) in [6, 6.07) is 15.9. The first-order valence-electron chi connectivity index (χ1n) is 8.94. The Bertz CT molecular complexity index is 1140. The largest absolute Gasteiger partial charge is 0.507 e. The lowest BCUT2D eigenvalue weighted by Crippen LogP contribution is -2.26. The molecular weight excluding hydrogens is 410 g/mol. The van der Waals surface area contributed by atoms with Gasteiger partial charge in [0.1, 0.15) is 33.6 Å². The number of carbonyl (C=O) groups is 1. The summed E-state index contributed by atoms with van der Waals surface area (Å²) >= 11 is 1.24. The van der Waals surface area contributed by atoms with Gasteiger partial charge >= 0.3 is 0 Å². The predicted molar refractivity (Wildman–Crippen MR) is 110 cm³/mol. The molecule has 0 bridgehead atoms. The highest BCUT2D eigenvalue weighted by molar-refractivity contribution is 8.14. The van der Waals surface area contributed by atoms with E-state index in [-0.39, 0.29) is 22.9 Å². The van der Waals surface area contributed by atoms with E-state index in [1.165, 1.54) is 66.3 Å². The minimum atomic E-state index is -0.673. The van der Waals surface area contributed by atoms with Gasteiger partial charge in [0.2, 0.25) is 0 Å². The minimum Gasteiger partial charge on any atom is -0.507 e. The number of phenols is 1. The molecule has 0 aliphatic carbocycles. The molecule has 0 saturated carbocycles. The molecular formula is C22H16F2N2O3S. The van der Waals surface area contributed by atoms with E-state index < -0.39 is 17.1 Å². The van der Waals surface area contributed by atoms with Gasteiger partial charge in [0.25, 0.3) is 5.91 Å². The lowest BCUT2D eigenvalue weighted by atomic mass is 10.1. The Kier molecular flexibility index (Phi) is 5.41. The molecule has 0 spiro atoms. The van der Waals surface area contributed by atoms with Crippen molar-refractivity contribution in [2.45, 2.75) is 5.37 Å². The molecule has 1 N–H and O–H groups in total. The lowest BCUT2D eigenvalue weighted by molar-refractivity contribution is 0.0745. The summed E-state index contributed by atoms with van der Waals surface area (Å²) in [4.78, 5) is 13.2. The number of benzene rings is 3. The van der Waals surface area contributed by atoms with Crippen LogP contribution in [0.5, 0.6) is 11.5 Å². The fourth-order valence-corrected chi connectivity index (χ4v) is 4.24. The van der Waals surface area contributed by atoms with Gasteiger partial charge in [0, 0.05) is 17.2 Å². The van der Waals surface area contributed by atoms with Gasteiger partial charge in [-0.2, -0.15) is 5.10 Å². The van der Waals surface area contributed by atoms with Gasteiger partial charge in [0.15, 0.2) is 0 Å². The molecule has 30 heavy (non-hydrogen) atoms. The summed E-state index contributed by atoms with van der Waals surface area (Å²) in [6.07, 6.45) is 0. The zero-order valence-electron chi connectivity index (χ0n) is 15.8. The summed E-state index contributed by atoms with van der Waals surface area (Å²) in [5.74, 6) is -1.31. The smallest absolute Gasteiger partial charge is 0.279 e. The van der Waals surface area contributed by atoms with Gasteiger partial charge < -0.3 is 9.84 Å². The molecule has 0 fully saturated rings. The van der Waals surface area contributed by atoms with E-state index in [0.29, 0.717) is 16.2 Å². The number of aromatic hydroxyl groups is 1. The Labute approximate surface area is 175 Å². The van der Waals surface area contributed by atoms with Crippen LogP contribution < -0.4 is 4.74 Å². The molecule has 152 valence electrons. The zero-order chi connectivity index (χ0) is 21.3. The van der Waals surface area contributed by atoms with E-state index in [9.17, 15) is 18.7 Å². The number of methoxy groups -OCH3 is 1. The number of amides is 1. The van der Waals surface area contributed by atoms with Crippen molar-refractivity contribution in [1.29, 1.82) is 0 Å². The first kappa shape index (κ1) is 19.9. The maximum Gasteiger partial charge on any atom is 0.279 e. The number of hydrazone groups is 1. The third kappa shape index (κ3) is 3.73. The van der Waals surface area contributed by atoms with Crippen molar-refractivity contribution in [1.82, 2.24) is 5.01 Å². The number of carbonyl (C=O) groups excluding carboxylic acids is 1. The Morgan fingerprint density at radius 3 is 2.47 bits per heavy atom. The van der Waals surface area contributed by atoms with Crippen LogP contribution in [0.1, 0.15) is 26.9 Å². The SMILES string of the molecule is COc1cc(F)ccc1C1SC(c2ccc(F)cc2)=NN1C(=O)c1ccccc1O. The number of ether oxygens (including phenoxy) is 1. The highest BCUT2D eigenvalue weighted by Gasteiger charge is 2.37. The number of phenolic OH excluding ortho intramolecular Hbond substituents is 1. The van der Waals surface area contributed by atoms with Gasteiger partial charge in [-0.05, 0) is 48.5 Å². The van der Waals surface area contributed by atoms with Gasteiger partial charge in [0.05, 0.1) is 12.7 Å². The molecule has 4 rings (SSSR count). The van der Waals surface area contributed by atoms with Gasteiger partial charge in [-0.1, -0.05) is 23.9 Å². The number of halogens is 2. The molecule has 1 heterocycles.